The van der Waals surface area contributed by atoms with Gasteiger partial charge in [-0.2, -0.15) is 0 Å². The maximum atomic E-state index is 14.8. The van der Waals surface area contributed by atoms with Gasteiger partial charge in [-0.15, -0.1) is 0 Å². The van der Waals surface area contributed by atoms with Gasteiger partial charge in [0.05, 0.1) is 29.7 Å². The van der Waals surface area contributed by atoms with Crippen LogP contribution in [0.2, 0.25) is 5.02 Å². The van der Waals surface area contributed by atoms with Crippen molar-refractivity contribution < 1.29 is 19.1 Å². The Morgan fingerprint density at radius 3 is 2.34 bits per heavy atom. The highest BCUT2D eigenvalue weighted by molar-refractivity contribution is 6.34. The molecule has 1 N–H and O–H groups in total. The van der Waals surface area contributed by atoms with Crippen LogP contribution in [0.5, 0.6) is 5.75 Å². The highest BCUT2D eigenvalue weighted by Crippen LogP contribution is 2.62. The maximum Gasteiger partial charge on any atom is 0.238 e. The third kappa shape index (κ3) is 3.47. The second kappa shape index (κ2) is 9.46. The summed E-state index contributed by atoms with van der Waals surface area (Å²) < 4.78 is 5.57. The van der Waals surface area contributed by atoms with Gasteiger partial charge in [0.15, 0.2) is 11.6 Å². The number of hydrogen-bond acceptors (Lipinski definition) is 5. The summed E-state index contributed by atoms with van der Waals surface area (Å²) in [6.45, 7) is 0. The largest absolute Gasteiger partial charge is 0.496 e. The fourth-order valence-electron chi connectivity index (χ4n) is 7.00. The Balaban J connectivity index is 1.56. The van der Waals surface area contributed by atoms with Crippen molar-refractivity contribution in [3.05, 3.63) is 136 Å². The van der Waals surface area contributed by atoms with Gasteiger partial charge in [-0.1, -0.05) is 78.3 Å². The van der Waals surface area contributed by atoms with Gasteiger partial charge in [0, 0.05) is 17.5 Å². The molecule has 7 heteroatoms. The summed E-state index contributed by atoms with van der Waals surface area (Å²) in [5.41, 5.74) is 2.31. The van der Waals surface area contributed by atoms with Crippen molar-refractivity contribution in [2.45, 2.75) is 17.5 Å². The lowest BCUT2D eigenvalue weighted by Gasteiger charge is -2.38. The molecule has 4 aromatic carbocycles. The number of rotatable bonds is 5. The van der Waals surface area contributed by atoms with E-state index in [1.807, 2.05) is 65.7 Å². The molecular weight excluding hydrogens is 536 g/mol. The number of benzene rings is 4. The maximum absolute atomic E-state index is 14.8. The van der Waals surface area contributed by atoms with Gasteiger partial charge in [-0.3, -0.25) is 14.4 Å². The molecule has 0 radical (unpaired) electrons. The number of fused-ring (bicyclic) bond motifs is 6. The van der Waals surface area contributed by atoms with Crippen LogP contribution in [0, 0.1) is 5.92 Å². The molecule has 3 heterocycles. The van der Waals surface area contributed by atoms with E-state index in [-0.39, 0.29) is 28.1 Å². The molecule has 4 aromatic rings. The zero-order valence-electron chi connectivity index (χ0n) is 22.1. The molecule has 1 fully saturated rings. The van der Waals surface area contributed by atoms with Crippen LogP contribution in [0.4, 0.5) is 5.69 Å². The summed E-state index contributed by atoms with van der Waals surface area (Å²) in [6, 6.07) is 27.4. The van der Waals surface area contributed by atoms with Gasteiger partial charge < -0.3 is 15.0 Å². The molecule has 1 spiro atoms. The number of hydrogen-bond donors (Lipinski definition) is 1. The highest BCUT2D eigenvalue weighted by Gasteiger charge is 2.71. The van der Waals surface area contributed by atoms with E-state index in [9.17, 15) is 14.4 Å². The number of nitrogens with zero attached hydrogens (tertiary/aromatic N) is 1. The zero-order chi connectivity index (χ0) is 28.3. The predicted molar refractivity (Wildman–Crippen MR) is 157 cm³/mol. The Hall–Kier alpha value is -4.68. The number of halogens is 1. The minimum atomic E-state index is -1.42. The lowest BCUT2D eigenvalue weighted by molar-refractivity contribution is -0.122. The lowest BCUT2D eigenvalue weighted by atomic mass is 9.62. The van der Waals surface area contributed by atoms with Crippen LogP contribution in [0.15, 0.2) is 103 Å². The monoisotopic (exact) mass is 560 g/mol. The topological polar surface area (TPSA) is 75.7 Å². The van der Waals surface area contributed by atoms with E-state index in [0.29, 0.717) is 22.6 Å². The van der Waals surface area contributed by atoms with E-state index in [4.69, 9.17) is 16.3 Å². The normalized spacial score (nSPS) is 23.5. The summed E-state index contributed by atoms with van der Waals surface area (Å²) in [4.78, 5) is 45.9. The molecule has 7 rings (SSSR count). The van der Waals surface area contributed by atoms with Crippen molar-refractivity contribution >= 4 is 40.8 Å². The fourth-order valence-corrected chi connectivity index (χ4v) is 7.23. The Labute approximate surface area is 242 Å². The predicted octanol–water partition coefficient (Wildman–Crippen LogP) is 6.33. The first-order chi connectivity index (χ1) is 20.0. The third-order valence-electron chi connectivity index (χ3n) is 8.63. The first-order valence-electron chi connectivity index (χ1n) is 13.4. The van der Waals surface area contributed by atoms with Gasteiger partial charge in [0.1, 0.15) is 17.2 Å². The Kier molecular flexibility index (Phi) is 5.84. The molecule has 0 saturated carbocycles. The summed E-state index contributed by atoms with van der Waals surface area (Å²) >= 11 is 6.60. The Morgan fingerprint density at radius 2 is 1.54 bits per heavy atom. The molecule has 0 bridgehead atoms. The first kappa shape index (κ1) is 25.3. The molecule has 1 amide bonds. The van der Waals surface area contributed by atoms with Crippen molar-refractivity contribution in [1.29, 1.82) is 0 Å². The van der Waals surface area contributed by atoms with Gasteiger partial charge >= 0.3 is 0 Å². The number of ketones is 2. The highest BCUT2D eigenvalue weighted by atomic mass is 35.5. The molecule has 0 aromatic heterocycles. The second-order valence-electron chi connectivity index (χ2n) is 10.5. The average molecular weight is 561 g/mol. The van der Waals surface area contributed by atoms with Crippen LogP contribution in [-0.2, 0) is 10.2 Å². The zero-order valence-corrected chi connectivity index (χ0v) is 22.8. The fraction of sp³-hybridized carbons (Fsp3) is 0.147. The average Bonchev–Trinajstić information content (AvgIpc) is 3.49. The van der Waals surface area contributed by atoms with Gasteiger partial charge in [0.25, 0.3) is 0 Å². The summed E-state index contributed by atoms with van der Waals surface area (Å²) in [5.74, 6) is -1.70. The molecule has 0 aliphatic carbocycles. The molecule has 6 nitrogen and oxygen atoms in total. The molecule has 202 valence electrons. The van der Waals surface area contributed by atoms with Crippen molar-refractivity contribution in [3.63, 3.8) is 0 Å². The summed E-state index contributed by atoms with van der Waals surface area (Å²) in [5, 5.41) is 3.32. The van der Waals surface area contributed by atoms with E-state index >= 15 is 0 Å². The molecule has 4 atom stereocenters. The number of anilines is 1. The molecule has 1 saturated heterocycles. The number of nitrogens with one attached hydrogen (secondary N) is 1. The van der Waals surface area contributed by atoms with Gasteiger partial charge in [-0.25, -0.2) is 0 Å². The molecule has 3 aliphatic heterocycles. The van der Waals surface area contributed by atoms with Gasteiger partial charge in [0.2, 0.25) is 5.91 Å². The number of para-hydroxylation sites is 2. The minimum Gasteiger partial charge on any atom is -0.496 e. The smallest absolute Gasteiger partial charge is 0.238 e. The number of ether oxygens (including phenoxy) is 1. The molecule has 0 unspecified atom stereocenters. The van der Waals surface area contributed by atoms with E-state index in [2.05, 4.69) is 5.32 Å². The van der Waals surface area contributed by atoms with Crippen LogP contribution < -0.4 is 10.1 Å². The van der Waals surface area contributed by atoms with E-state index in [0.717, 1.165) is 11.1 Å². The van der Waals surface area contributed by atoms with Crippen molar-refractivity contribution in [3.8, 4) is 5.75 Å². The van der Waals surface area contributed by atoms with Crippen LogP contribution in [0.3, 0.4) is 0 Å². The SMILES string of the molecule is COc1ccccc1C(=O)[C@H]1[C@H](C(=O)c2ccccc2Cl)[C@]2(C(=O)Nc3ccccc32)[C@H]2c3ccccc3C=CN12. The van der Waals surface area contributed by atoms with E-state index in [1.165, 1.54) is 7.11 Å². The van der Waals surface area contributed by atoms with Crippen molar-refractivity contribution in [1.82, 2.24) is 4.90 Å². The molecular formula is C34H25ClN2O4. The number of carbonyl (C=O) groups excluding carboxylic acids is 3. The number of carbonyl (C=O) groups is 3. The van der Waals surface area contributed by atoms with Crippen molar-refractivity contribution in [2.75, 3.05) is 12.4 Å². The first-order valence-corrected chi connectivity index (χ1v) is 13.8. The van der Waals surface area contributed by atoms with E-state index < -0.39 is 23.4 Å². The van der Waals surface area contributed by atoms with Crippen LogP contribution >= 0.6 is 11.6 Å². The quantitative estimate of drug-likeness (QED) is 0.289. The van der Waals surface area contributed by atoms with Crippen molar-refractivity contribution in [2.24, 2.45) is 5.92 Å². The lowest BCUT2D eigenvalue weighted by Crippen LogP contribution is -2.49. The minimum absolute atomic E-state index is 0.267. The molecule has 41 heavy (non-hydrogen) atoms. The summed E-state index contributed by atoms with van der Waals surface area (Å²) in [6.07, 6.45) is 3.78. The van der Waals surface area contributed by atoms with Crippen LogP contribution in [0.25, 0.3) is 6.08 Å². The van der Waals surface area contributed by atoms with E-state index in [1.54, 1.807) is 48.5 Å². The Bertz CT molecular complexity index is 1780. The number of Topliss-reactive ketones (excluding diaryl/α,β-unsaturated/α-hetero) is 2. The van der Waals surface area contributed by atoms with Gasteiger partial charge in [-0.05, 0) is 53.1 Å². The number of amides is 1. The third-order valence-corrected chi connectivity index (χ3v) is 8.96. The summed E-state index contributed by atoms with van der Waals surface area (Å²) in [7, 11) is 1.51. The number of methoxy groups -OCH3 is 1. The van der Waals surface area contributed by atoms with Crippen LogP contribution in [0.1, 0.15) is 43.4 Å². The second-order valence-corrected chi connectivity index (χ2v) is 10.9. The molecule has 3 aliphatic rings. The Morgan fingerprint density at radius 1 is 0.854 bits per heavy atom. The standard InChI is InChI=1S/C34H25ClN2O4/c1-41-27-17-9-5-13-23(27)31(39)29-28(30(38)22-12-4-7-15-25(22)35)34(24-14-6-8-16-26(24)36-33(34)40)32-21-11-3-2-10-20(21)18-19-37(29)32/h2-19,28-29,32H,1H3,(H,36,40)/t28-,29-,32-,34+/m1/s1. The van der Waals surface area contributed by atoms with Crippen LogP contribution in [-0.4, -0.2) is 35.5 Å².